The Hall–Kier alpha value is -7.60. The van der Waals surface area contributed by atoms with Gasteiger partial charge in [0.15, 0.2) is 17.9 Å². The molecule has 0 heterocycles. The van der Waals surface area contributed by atoms with Crippen molar-refractivity contribution in [2.45, 2.75) is 233 Å². The minimum Gasteiger partial charge on any atom is -0.370 e. The first-order chi connectivity index (χ1) is 40.1. The number of amides is 12. The summed E-state index contributed by atoms with van der Waals surface area (Å²) in [6, 6.07) is -5.66. The first kappa shape index (κ1) is 77.4. The number of carbonyl (C=O) groups is 9. The molecule has 0 aliphatic rings. The van der Waals surface area contributed by atoms with Crippen molar-refractivity contribution in [3.8, 4) is 0 Å². The summed E-state index contributed by atoms with van der Waals surface area (Å²) in [5.74, 6) is -3.30. The lowest BCUT2D eigenvalue weighted by Gasteiger charge is -2.28. The van der Waals surface area contributed by atoms with E-state index in [4.69, 9.17) is 45.9 Å². The summed E-state index contributed by atoms with van der Waals surface area (Å²) < 4.78 is 0. The molecular weight excluding hydrogens is 1100 g/mol. The number of nitrogens with two attached hydrogens (primary N) is 8. The summed E-state index contributed by atoms with van der Waals surface area (Å²) in [7, 11) is 0. The standard InChI is InChI=1S/C54H108N22O9/c1-10-31(7)37(55)28-46(80)71-41(13-4)74-53(84)67-35(20-17-23-64-50(59)60)26-44(78)70-39(33(9)12-3)30-48(82)73-43(15-6)76-54(85)68-36(21-18-24-65-51(61)62)27-45(79)69-38(32(8)11-2)29-47(81)72-42(14-5)75-52(83)66-34(25-40(56)77)19-16-22-63-49(57)58/h31-39,41-43H,10-30,55H2,1-9H3,(H2,56,77)(H,69,79)(H,70,78)(H,71,80)(H,72,81)(H,73,82)(H4,57,58,63)(H4,59,60,64)(H4,61,62,65)(H2,66,75,83)(H2,67,74,84)(H2,68,76,85)/t31?,32?,33?,34-,35-,36-,37+,38+,39+,41+,42+,43+/m0/s1. The zero-order valence-corrected chi connectivity index (χ0v) is 51.9. The number of carbonyl (C=O) groups excluding carboxylic acids is 9. The highest BCUT2D eigenvalue weighted by molar-refractivity contribution is 5.84. The number of nitrogens with one attached hydrogen (secondary N) is 11. The Kier molecular flexibility index (Phi) is 40.0. The minimum atomic E-state index is -0.873. The van der Waals surface area contributed by atoms with E-state index in [2.05, 4.69) is 73.5 Å². The molecule has 0 rings (SSSR count). The predicted octanol–water partition coefficient (Wildman–Crippen LogP) is -1.03. The second-order valence-electron chi connectivity index (χ2n) is 21.7. The van der Waals surface area contributed by atoms with Gasteiger partial charge in [-0.1, -0.05) is 81.6 Å². The maximum absolute atomic E-state index is 13.8. The third kappa shape index (κ3) is 38.1. The summed E-state index contributed by atoms with van der Waals surface area (Å²) >= 11 is 0. The second kappa shape index (κ2) is 44.0. The molecular formula is C54H108N22O9. The number of hydrogen-bond acceptors (Lipinski definition) is 13. The van der Waals surface area contributed by atoms with E-state index in [9.17, 15) is 43.2 Å². The van der Waals surface area contributed by atoms with Crippen molar-refractivity contribution >= 4 is 71.4 Å². The fourth-order valence-corrected chi connectivity index (χ4v) is 8.65. The summed E-state index contributed by atoms with van der Waals surface area (Å²) in [5.41, 5.74) is 44.4. The zero-order valence-electron chi connectivity index (χ0n) is 51.9. The summed E-state index contributed by atoms with van der Waals surface area (Å²) in [6.45, 7) is 17.6. The highest BCUT2D eigenvalue weighted by Gasteiger charge is 2.29. The van der Waals surface area contributed by atoms with E-state index in [1.165, 1.54) is 0 Å². The number of urea groups is 3. The molecule has 0 aromatic heterocycles. The number of aliphatic imine (C=N–C) groups is 3. The normalized spacial score (nSPS) is 15.2. The third-order valence-electron chi connectivity index (χ3n) is 14.4. The molecule has 0 spiro atoms. The van der Waals surface area contributed by atoms with E-state index in [0.717, 1.165) is 6.42 Å². The first-order valence-electron chi connectivity index (χ1n) is 30.0. The molecule has 0 aliphatic carbocycles. The molecule has 31 heteroatoms. The molecule has 488 valence electrons. The molecule has 0 saturated heterocycles. The molecule has 12 atom stereocenters. The fourth-order valence-electron chi connectivity index (χ4n) is 8.65. The van der Waals surface area contributed by atoms with Crippen LogP contribution >= 0.6 is 0 Å². The number of rotatable bonds is 44. The van der Waals surface area contributed by atoms with E-state index in [-0.39, 0.29) is 119 Å². The van der Waals surface area contributed by atoms with Gasteiger partial charge in [0.05, 0.1) is 0 Å². The Labute approximate surface area is 502 Å². The number of primary amides is 1. The van der Waals surface area contributed by atoms with E-state index >= 15 is 0 Å². The fraction of sp³-hybridized carbons (Fsp3) is 0.778. The lowest BCUT2D eigenvalue weighted by molar-refractivity contribution is -0.126. The lowest BCUT2D eigenvalue weighted by Crippen LogP contribution is -2.55. The van der Waals surface area contributed by atoms with Gasteiger partial charge >= 0.3 is 18.1 Å². The Bertz CT molecular complexity index is 2140. The highest BCUT2D eigenvalue weighted by Crippen LogP contribution is 2.16. The van der Waals surface area contributed by atoms with Crippen molar-refractivity contribution in [3.05, 3.63) is 0 Å². The van der Waals surface area contributed by atoms with Gasteiger partial charge in [-0.3, -0.25) is 43.7 Å². The van der Waals surface area contributed by atoms with Gasteiger partial charge in [-0.15, -0.1) is 0 Å². The summed E-state index contributed by atoms with van der Waals surface area (Å²) in [4.78, 5) is 131. The SMILES string of the molecule is CCC(C)[C@H](N)CC(=O)N[C@@H](CC)NC(=O)N[C@@H](CCCN=C(N)N)CC(=O)N[C@H](CC(=O)N[C@@H](CC)NC(=O)N[C@@H](CCCN=C(N)N)CC(=O)N[C@H](CC(=O)N[C@@H](CC)NC(=O)N[C@@H](CCCN=C(N)N)CC(N)=O)C(C)CC)C(C)CC. The maximum atomic E-state index is 13.8. The lowest BCUT2D eigenvalue weighted by atomic mass is 9.95. The largest absolute Gasteiger partial charge is 0.370 e. The van der Waals surface area contributed by atoms with Crippen LogP contribution in [0, 0.1) is 17.8 Å². The molecule has 12 amide bonds. The van der Waals surface area contributed by atoms with Crippen molar-refractivity contribution in [3.63, 3.8) is 0 Å². The van der Waals surface area contributed by atoms with Crippen molar-refractivity contribution in [2.24, 2.45) is 78.6 Å². The van der Waals surface area contributed by atoms with E-state index in [1.54, 1.807) is 20.8 Å². The van der Waals surface area contributed by atoms with Crippen LogP contribution < -0.4 is 104 Å². The molecule has 0 fully saturated rings. The first-order valence-corrected chi connectivity index (χ1v) is 30.0. The van der Waals surface area contributed by atoms with Crippen LogP contribution in [0.15, 0.2) is 15.0 Å². The smallest absolute Gasteiger partial charge is 0.316 e. The van der Waals surface area contributed by atoms with Gasteiger partial charge < -0.3 is 104 Å². The van der Waals surface area contributed by atoms with E-state index in [0.29, 0.717) is 57.8 Å². The number of guanidine groups is 3. The summed E-state index contributed by atoms with van der Waals surface area (Å²) in [6.07, 6.45) is 2.01. The van der Waals surface area contributed by atoms with Crippen LogP contribution in [0.4, 0.5) is 14.4 Å². The molecule has 85 heavy (non-hydrogen) atoms. The van der Waals surface area contributed by atoms with Crippen LogP contribution in [0.5, 0.6) is 0 Å². The monoisotopic (exact) mass is 1210 g/mol. The van der Waals surface area contributed by atoms with Gasteiger partial charge in [-0.2, -0.15) is 0 Å². The van der Waals surface area contributed by atoms with Gasteiger partial charge in [-0.25, -0.2) is 14.4 Å². The van der Waals surface area contributed by atoms with Crippen molar-refractivity contribution in [1.29, 1.82) is 0 Å². The highest BCUT2D eigenvalue weighted by atomic mass is 16.2. The molecule has 0 bridgehead atoms. The van der Waals surface area contributed by atoms with E-state index in [1.807, 2.05) is 41.5 Å². The summed E-state index contributed by atoms with van der Waals surface area (Å²) in [5, 5.41) is 30.9. The molecule has 0 saturated carbocycles. The van der Waals surface area contributed by atoms with Crippen molar-refractivity contribution < 1.29 is 43.2 Å². The van der Waals surface area contributed by atoms with Crippen LogP contribution in [-0.2, 0) is 28.8 Å². The van der Waals surface area contributed by atoms with Gasteiger partial charge in [0, 0.05) is 94.4 Å². The Morgan fingerprint density at radius 3 is 0.894 bits per heavy atom. The number of hydrogen-bond donors (Lipinski definition) is 19. The predicted molar refractivity (Wildman–Crippen MR) is 330 cm³/mol. The van der Waals surface area contributed by atoms with Crippen LogP contribution in [-0.4, -0.2) is 146 Å². The second-order valence-corrected chi connectivity index (χ2v) is 21.7. The van der Waals surface area contributed by atoms with Gasteiger partial charge in [-0.05, 0) is 75.5 Å². The Morgan fingerprint density at radius 1 is 0.341 bits per heavy atom. The van der Waals surface area contributed by atoms with Crippen molar-refractivity contribution in [1.82, 2.24) is 58.5 Å². The topological polar surface area (TPSA) is 531 Å². The molecule has 0 aromatic carbocycles. The van der Waals surface area contributed by atoms with Crippen LogP contribution in [0.1, 0.15) is 178 Å². The molecule has 0 aromatic rings. The number of nitrogens with zero attached hydrogens (tertiary/aromatic N) is 3. The Morgan fingerprint density at radius 2 is 0.624 bits per heavy atom. The van der Waals surface area contributed by atoms with Crippen LogP contribution in [0.3, 0.4) is 0 Å². The molecule has 0 aliphatic heterocycles. The molecule has 27 N–H and O–H groups in total. The quantitative estimate of drug-likeness (QED) is 0.0150. The van der Waals surface area contributed by atoms with E-state index < -0.39 is 96.3 Å². The van der Waals surface area contributed by atoms with Crippen LogP contribution in [0.2, 0.25) is 0 Å². The Balaban J connectivity index is 6.01. The van der Waals surface area contributed by atoms with Crippen LogP contribution in [0.25, 0.3) is 0 Å². The van der Waals surface area contributed by atoms with Gasteiger partial charge in [0.2, 0.25) is 35.4 Å². The molecule has 0 radical (unpaired) electrons. The maximum Gasteiger partial charge on any atom is 0.316 e. The molecule has 3 unspecified atom stereocenters. The zero-order chi connectivity index (χ0) is 64.6. The average molecular weight is 1210 g/mol. The molecule has 31 nitrogen and oxygen atoms in total. The van der Waals surface area contributed by atoms with Gasteiger partial charge in [0.1, 0.15) is 18.5 Å². The average Bonchev–Trinajstić information content (AvgIpc) is 3.48. The van der Waals surface area contributed by atoms with Gasteiger partial charge in [0.25, 0.3) is 0 Å². The third-order valence-corrected chi connectivity index (χ3v) is 14.4. The minimum absolute atomic E-state index is 0.0854. The van der Waals surface area contributed by atoms with Crippen molar-refractivity contribution in [2.75, 3.05) is 19.6 Å².